The van der Waals surface area contributed by atoms with Gasteiger partial charge in [-0.25, -0.2) is 0 Å². The Balaban J connectivity index is 2.46. The van der Waals surface area contributed by atoms with Crippen molar-refractivity contribution in [2.75, 3.05) is 0 Å². The van der Waals surface area contributed by atoms with E-state index in [0.717, 1.165) is 22.5 Å². The van der Waals surface area contributed by atoms with E-state index in [0.29, 0.717) is 10.6 Å². The molecule has 0 atom stereocenters. The first-order chi connectivity index (χ1) is 10.6. The first-order valence-corrected chi connectivity index (χ1v) is 7.37. The molecule has 0 radical (unpaired) electrons. The first kappa shape index (κ1) is 16.0. The molecule has 2 aromatic rings. The minimum Gasteiger partial charge on any atom is -0.252 e. The van der Waals surface area contributed by atoms with Gasteiger partial charge in [0.15, 0.2) is 0 Å². The van der Waals surface area contributed by atoms with Crippen molar-refractivity contribution in [3.63, 3.8) is 0 Å². The number of halogens is 1. The Morgan fingerprint density at radius 3 is 1.91 bits per heavy atom. The topological polar surface area (TPSA) is 12.4 Å². The molecule has 2 heteroatoms. The second-order valence-corrected chi connectivity index (χ2v) is 5.35. The maximum absolute atomic E-state index is 5.93. The van der Waals surface area contributed by atoms with E-state index in [1.165, 1.54) is 0 Å². The van der Waals surface area contributed by atoms with E-state index in [9.17, 15) is 0 Å². The molecule has 22 heavy (non-hydrogen) atoms. The molecule has 110 valence electrons. The van der Waals surface area contributed by atoms with Crippen LogP contribution in [0.2, 0.25) is 0 Å². The minimum absolute atomic E-state index is 0.418. The van der Waals surface area contributed by atoms with Crippen molar-refractivity contribution in [1.29, 1.82) is 0 Å². The summed E-state index contributed by atoms with van der Waals surface area (Å²) in [4.78, 5) is 4.76. The van der Waals surface area contributed by atoms with Crippen molar-refractivity contribution in [2.24, 2.45) is 4.99 Å². The summed E-state index contributed by atoms with van der Waals surface area (Å²) >= 11 is 5.93. The maximum atomic E-state index is 5.93. The van der Waals surface area contributed by atoms with E-state index in [4.69, 9.17) is 16.6 Å². The number of hydrogen-bond acceptors (Lipinski definition) is 1. The van der Waals surface area contributed by atoms with Crippen LogP contribution in [0.4, 0.5) is 0 Å². The van der Waals surface area contributed by atoms with E-state index < -0.39 is 0 Å². The summed E-state index contributed by atoms with van der Waals surface area (Å²) < 4.78 is 0. The zero-order valence-electron chi connectivity index (χ0n) is 12.6. The number of nitrogens with zero attached hydrogens (tertiary/aromatic N) is 1. The molecule has 2 rings (SSSR count). The van der Waals surface area contributed by atoms with E-state index in [1.807, 2.05) is 73.7 Å². The normalized spacial score (nSPS) is 12.1. The predicted molar refractivity (Wildman–Crippen MR) is 97.2 cm³/mol. The van der Waals surface area contributed by atoms with Gasteiger partial charge in [0, 0.05) is 16.3 Å². The van der Waals surface area contributed by atoms with E-state index >= 15 is 0 Å². The molecule has 0 bridgehead atoms. The molecule has 0 unspecified atom stereocenters. The van der Waals surface area contributed by atoms with Gasteiger partial charge in [0.25, 0.3) is 0 Å². The van der Waals surface area contributed by atoms with Gasteiger partial charge in [0.2, 0.25) is 0 Å². The summed E-state index contributed by atoms with van der Waals surface area (Å²) in [5, 5.41) is 0.418. The van der Waals surface area contributed by atoms with Crippen molar-refractivity contribution in [1.82, 2.24) is 0 Å². The van der Waals surface area contributed by atoms with Crippen LogP contribution in [0.1, 0.15) is 18.1 Å². The smallest absolute Gasteiger partial charge is 0.0711 e. The van der Waals surface area contributed by atoms with Crippen LogP contribution in [0.25, 0.3) is 5.70 Å². The third-order valence-corrected chi connectivity index (χ3v) is 3.45. The van der Waals surface area contributed by atoms with Crippen LogP contribution in [-0.4, -0.2) is 5.71 Å². The van der Waals surface area contributed by atoms with Crippen molar-refractivity contribution in [3.05, 3.63) is 102 Å². The number of hydrogen-bond donors (Lipinski definition) is 0. The maximum Gasteiger partial charge on any atom is 0.0711 e. The lowest BCUT2D eigenvalue weighted by molar-refractivity contribution is 1.46. The fourth-order valence-corrected chi connectivity index (χ4v) is 2.01. The summed E-state index contributed by atoms with van der Waals surface area (Å²) in [5.74, 6) is 0. The highest BCUT2D eigenvalue weighted by molar-refractivity contribution is 6.32. The fourth-order valence-electron chi connectivity index (χ4n) is 1.96. The molecule has 1 nitrogen and oxygen atoms in total. The summed E-state index contributed by atoms with van der Waals surface area (Å²) in [7, 11) is 0. The molecule has 0 heterocycles. The summed E-state index contributed by atoms with van der Waals surface area (Å²) in [5.41, 5.74) is 4.50. The monoisotopic (exact) mass is 307 g/mol. The molecule has 0 fully saturated rings. The Morgan fingerprint density at radius 1 is 0.909 bits per heavy atom. The van der Waals surface area contributed by atoms with Gasteiger partial charge in [0.1, 0.15) is 0 Å². The molecule has 0 aliphatic rings. The number of aliphatic imine (C=N–C) groups is 1. The van der Waals surface area contributed by atoms with Crippen LogP contribution in [0.5, 0.6) is 0 Å². The highest BCUT2D eigenvalue weighted by Gasteiger charge is 2.04. The summed E-state index contributed by atoms with van der Waals surface area (Å²) in [6.45, 7) is 9.62. The van der Waals surface area contributed by atoms with Crippen LogP contribution in [0, 0.1) is 0 Å². The molecular weight excluding hydrogens is 290 g/mol. The van der Waals surface area contributed by atoms with Gasteiger partial charge in [-0.1, -0.05) is 85.4 Å². The number of rotatable bonds is 5. The number of allylic oxidation sites excluding steroid dienone is 3. The Morgan fingerprint density at radius 2 is 1.41 bits per heavy atom. The molecule has 0 saturated carbocycles. The summed E-state index contributed by atoms with van der Waals surface area (Å²) in [6.07, 6.45) is 1.86. The number of benzene rings is 2. The van der Waals surface area contributed by atoms with E-state index in [2.05, 4.69) is 13.2 Å². The largest absolute Gasteiger partial charge is 0.252 e. The van der Waals surface area contributed by atoms with Gasteiger partial charge >= 0.3 is 0 Å². The Labute approximate surface area is 137 Å². The van der Waals surface area contributed by atoms with Crippen molar-refractivity contribution < 1.29 is 0 Å². The second-order valence-electron chi connectivity index (χ2n) is 4.89. The zero-order valence-corrected chi connectivity index (χ0v) is 13.3. The van der Waals surface area contributed by atoms with Crippen molar-refractivity contribution in [3.8, 4) is 0 Å². The second kappa shape index (κ2) is 7.58. The fraction of sp³-hybridized carbons (Fsp3) is 0.0500. The van der Waals surface area contributed by atoms with Crippen molar-refractivity contribution >= 4 is 23.0 Å². The molecule has 0 aromatic heterocycles. The van der Waals surface area contributed by atoms with Crippen LogP contribution in [-0.2, 0) is 0 Å². The highest BCUT2D eigenvalue weighted by atomic mass is 35.5. The lowest BCUT2D eigenvalue weighted by Crippen LogP contribution is -1.95. The van der Waals surface area contributed by atoms with Crippen LogP contribution >= 0.6 is 11.6 Å². The predicted octanol–water partition coefficient (Wildman–Crippen LogP) is 5.85. The van der Waals surface area contributed by atoms with Crippen molar-refractivity contribution in [2.45, 2.75) is 6.92 Å². The van der Waals surface area contributed by atoms with Gasteiger partial charge < -0.3 is 0 Å². The van der Waals surface area contributed by atoms with Crippen LogP contribution < -0.4 is 0 Å². The Hall–Kier alpha value is -2.38. The third kappa shape index (κ3) is 4.31. The van der Waals surface area contributed by atoms with Gasteiger partial charge in [-0.05, 0) is 24.1 Å². The van der Waals surface area contributed by atoms with Gasteiger partial charge in [-0.2, -0.15) is 0 Å². The standard InChI is InChI=1S/C20H18ClN/c1-15(16(2)21)14-20(19-12-8-5-9-13-19)22-17(3)18-10-6-4-7-11-18/h4-14H,1-2H2,3H3/b20-14+,22-17?. The van der Waals surface area contributed by atoms with Gasteiger partial charge in [0.05, 0.1) is 5.70 Å². The highest BCUT2D eigenvalue weighted by Crippen LogP contribution is 2.22. The molecule has 0 amide bonds. The Bertz CT molecular complexity index is 725. The molecular formula is C20H18ClN. The lowest BCUT2D eigenvalue weighted by atomic mass is 10.1. The van der Waals surface area contributed by atoms with Crippen LogP contribution in [0.3, 0.4) is 0 Å². The molecule has 0 aliphatic heterocycles. The first-order valence-electron chi connectivity index (χ1n) is 6.99. The van der Waals surface area contributed by atoms with Gasteiger partial charge in [-0.3, -0.25) is 4.99 Å². The van der Waals surface area contributed by atoms with E-state index in [1.54, 1.807) is 0 Å². The Kier molecular flexibility index (Phi) is 5.51. The third-order valence-electron chi connectivity index (χ3n) is 3.21. The summed E-state index contributed by atoms with van der Waals surface area (Å²) in [6, 6.07) is 20.0. The van der Waals surface area contributed by atoms with Gasteiger partial charge in [-0.15, -0.1) is 0 Å². The zero-order chi connectivity index (χ0) is 15.9. The molecule has 0 N–H and O–H groups in total. The molecule has 0 spiro atoms. The average Bonchev–Trinajstić information content (AvgIpc) is 2.55. The molecule has 0 saturated heterocycles. The minimum atomic E-state index is 0.418. The van der Waals surface area contributed by atoms with Crippen LogP contribution in [0.15, 0.2) is 95.5 Å². The van der Waals surface area contributed by atoms with E-state index in [-0.39, 0.29) is 0 Å². The quantitative estimate of drug-likeness (QED) is 0.485. The SMILES string of the molecule is C=C(Cl)C(=C)/C=C(/N=C(C)c1ccccc1)c1ccccc1. The lowest BCUT2D eigenvalue weighted by Gasteiger charge is -2.07. The molecule has 2 aromatic carbocycles. The average molecular weight is 308 g/mol. The molecule has 0 aliphatic carbocycles.